The molecule has 0 N–H and O–H groups in total. The lowest BCUT2D eigenvalue weighted by Gasteiger charge is -2.34. The van der Waals surface area contributed by atoms with E-state index in [0.29, 0.717) is 0 Å². The third-order valence-electron chi connectivity index (χ3n) is 2.92. The van der Waals surface area contributed by atoms with Crippen molar-refractivity contribution in [2.75, 3.05) is 7.11 Å². The fourth-order valence-electron chi connectivity index (χ4n) is 1.87. The van der Waals surface area contributed by atoms with Crippen LogP contribution in [0.2, 0.25) is 0 Å². The highest BCUT2D eigenvalue weighted by Gasteiger charge is 2.47. The first-order chi connectivity index (χ1) is 9.32. The van der Waals surface area contributed by atoms with E-state index in [-0.39, 0.29) is 11.3 Å². The van der Waals surface area contributed by atoms with Gasteiger partial charge in [-0.15, -0.1) is 0 Å². The Morgan fingerprint density at radius 2 is 2.10 bits per heavy atom. The molecule has 1 aliphatic rings. The van der Waals surface area contributed by atoms with E-state index >= 15 is 0 Å². The van der Waals surface area contributed by atoms with Gasteiger partial charge in [-0.05, 0) is 12.1 Å². The molecule has 0 unspecified atom stereocenters. The Morgan fingerprint density at radius 1 is 1.45 bits per heavy atom. The highest BCUT2D eigenvalue weighted by molar-refractivity contribution is 5.90. The number of rotatable bonds is 4. The summed E-state index contributed by atoms with van der Waals surface area (Å²) in [6, 6.07) is 3.49. The first kappa shape index (κ1) is 14.2. The van der Waals surface area contributed by atoms with E-state index in [0.717, 1.165) is 13.2 Å². The summed E-state index contributed by atoms with van der Waals surface area (Å²) in [5.74, 6) is -3.64. The van der Waals surface area contributed by atoms with Gasteiger partial charge >= 0.3 is 11.7 Å². The van der Waals surface area contributed by atoms with Gasteiger partial charge in [0.15, 0.2) is 5.75 Å². The Labute approximate surface area is 112 Å². The summed E-state index contributed by atoms with van der Waals surface area (Å²) < 4.78 is 35.0. The van der Waals surface area contributed by atoms with Crippen molar-refractivity contribution in [1.82, 2.24) is 0 Å². The van der Waals surface area contributed by atoms with Crippen molar-refractivity contribution in [3.8, 4) is 5.75 Å². The zero-order valence-corrected chi connectivity index (χ0v) is 10.5. The van der Waals surface area contributed by atoms with Crippen LogP contribution in [-0.2, 0) is 4.74 Å². The monoisotopic (exact) mass is 287 g/mol. The fraction of sp³-hybridized carbons (Fsp3) is 0.417. The number of methoxy groups -OCH3 is 1. The van der Waals surface area contributed by atoms with E-state index in [4.69, 9.17) is 4.74 Å². The molecule has 20 heavy (non-hydrogen) atoms. The summed E-state index contributed by atoms with van der Waals surface area (Å²) in [5.41, 5.74) is -0.464. The molecule has 1 aromatic rings. The van der Waals surface area contributed by atoms with Gasteiger partial charge in [0.1, 0.15) is 6.10 Å². The maximum atomic E-state index is 12.7. The van der Waals surface area contributed by atoms with Crippen LogP contribution in [0.15, 0.2) is 18.2 Å². The van der Waals surface area contributed by atoms with E-state index in [9.17, 15) is 23.7 Å². The molecule has 0 aliphatic heterocycles. The number of hydrogen-bond acceptors (Lipinski definition) is 5. The highest BCUT2D eigenvalue weighted by Crippen LogP contribution is 2.41. The fourth-order valence-corrected chi connectivity index (χ4v) is 1.87. The number of hydrogen-bond donors (Lipinski definition) is 0. The molecule has 0 atom stereocenters. The second kappa shape index (κ2) is 5.03. The van der Waals surface area contributed by atoms with Crippen LogP contribution in [0.25, 0.3) is 0 Å². The number of nitrogens with zero attached hydrogens (tertiary/aromatic N) is 1. The SMILES string of the molecule is COC(=O)c1ccc(OC2CC(F)(F)C2)c([N+](=O)[O-])c1. The second-order valence-electron chi connectivity index (χ2n) is 4.44. The number of carbonyl (C=O) groups is 1. The molecule has 0 amide bonds. The van der Waals surface area contributed by atoms with E-state index < -0.39 is 41.4 Å². The van der Waals surface area contributed by atoms with Gasteiger partial charge in [-0.2, -0.15) is 0 Å². The van der Waals surface area contributed by atoms with Crippen LogP contribution >= 0.6 is 0 Å². The van der Waals surface area contributed by atoms with Gasteiger partial charge in [-0.3, -0.25) is 10.1 Å². The van der Waals surface area contributed by atoms with Crippen molar-refractivity contribution in [3.05, 3.63) is 33.9 Å². The van der Waals surface area contributed by atoms with Gasteiger partial charge in [-0.1, -0.05) is 0 Å². The Bertz CT molecular complexity index is 553. The molecule has 0 saturated heterocycles. The number of esters is 1. The van der Waals surface area contributed by atoms with Crippen molar-refractivity contribution in [3.63, 3.8) is 0 Å². The molecule has 1 aromatic carbocycles. The molecule has 0 bridgehead atoms. The molecule has 0 heterocycles. The number of alkyl halides is 2. The average molecular weight is 287 g/mol. The average Bonchev–Trinajstić information content (AvgIpc) is 2.35. The van der Waals surface area contributed by atoms with Gasteiger partial charge in [0.05, 0.1) is 17.6 Å². The minimum Gasteiger partial charge on any atom is -0.483 e. The zero-order valence-electron chi connectivity index (χ0n) is 10.5. The third kappa shape index (κ3) is 2.84. The molecule has 2 rings (SSSR count). The molecule has 0 spiro atoms. The molecule has 6 nitrogen and oxygen atoms in total. The molecule has 1 saturated carbocycles. The van der Waals surface area contributed by atoms with Crippen molar-refractivity contribution in [1.29, 1.82) is 0 Å². The van der Waals surface area contributed by atoms with E-state index in [1.54, 1.807) is 0 Å². The smallest absolute Gasteiger partial charge is 0.338 e. The largest absolute Gasteiger partial charge is 0.483 e. The molecule has 1 fully saturated rings. The van der Waals surface area contributed by atoms with E-state index in [1.807, 2.05) is 0 Å². The summed E-state index contributed by atoms with van der Waals surface area (Å²) in [6.07, 6.45) is -1.70. The molecule has 8 heteroatoms. The summed E-state index contributed by atoms with van der Waals surface area (Å²) in [6.45, 7) is 0. The minimum absolute atomic E-state index is 0.00881. The Hall–Kier alpha value is -2.25. The number of carbonyl (C=O) groups excluding carboxylic acids is 1. The minimum atomic E-state index is -2.77. The van der Waals surface area contributed by atoms with Crippen LogP contribution < -0.4 is 4.74 Å². The van der Waals surface area contributed by atoms with Crippen LogP contribution in [0.3, 0.4) is 0 Å². The molecule has 0 radical (unpaired) electrons. The predicted octanol–water partition coefficient (Wildman–Crippen LogP) is 2.56. The van der Waals surface area contributed by atoms with Crippen LogP contribution in [0.1, 0.15) is 23.2 Å². The van der Waals surface area contributed by atoms with Crippen molar-refractivity contribution in [2.24, 2.45) is 0 Å². The Morgan fingerprint density at radius 3 is 2.60 bits per heavy atom. The molecular formula is C12H11F2NO5. The van der Waals surface area contributed by atoms with Crippen LogP contribution in [0, 0.1) is 10.1 Å². The van der Waals surface area contributed by atoms with Gasteiger partial charge < -0.3 is 9.47 Å². The van der Waals surface area contributed by atoms with Crippen LogP contribution in [-0.4, -0.2) is 30.0 Å². The van der Waals surface area contributed by atoms with Gasteiger partial charge in [0.25, 0.3) is 5.92 Å². The van der Waals surface area contributed by atoms with Crippen molar-refractivity contribution < 1.29 is 28.0 Å². The Kier molecular flexibility index (Phi) is 3.56. The van der Waals surface area contributed by atoms with Crippen molar-refractivity contribution in [2.45, 2.75) is 24.9 Å². The number of nitro groups is 1. The standard InChI is InChI=1S/C12H11F2NO5/c1-19-11(16)7-2-3-10(9(4-7)15(17)18)20-8-5-12(13,14)6-8/h2-4,8H,5-6H2,1H3. The maximum absolute atomic E-state index is 12.7. The van der Waals surface area contributed by atoms with Crippen LogP contribution in [0.4, 0.5) is 14.5 Å². The van der Waals surface area contributed by atoms with Gasteiger partial charge in [-0.25, -0.2) is 13.6 Å². The summed E-state index contributed by atoms with van der Waals surface area (Å²) in [7, 11) is 1.15. The summed E-state index contributed by atoms with van der Waals surface area (Å²) in [4.78, 5) is 21.5. The van der Waals surface area contributed by atoms with Gasteiger partial charge in [0.2, 0.25) is 0 Å². The lowest BCUT2D eigenvalue weighted by molar-refractivity contribution is -0.386. The number of nitro benzene ring substituents is 1. The predicted molar refractivity (Wildman–Crippen MR) is 63.0 cm³/mol. The first-order valence-corrected chi connectivity index (χ1v) is 5.73. The lowest BCUT2D eigenvalue weighted by atomic mass is 9.91. The summed E-state index contributed by atoms with van der Waals surface area (Å²) in [5, 5.41) is 10.9. The first-order valence-electron chi connectivity index (χ1n) is 5.73. The molecule has 108 valence electrons. The lowest BCUT2D eigenvalue weighted by Crippen LogP contribution is -2.43. The molecular weight excluding hydrogens is 276 g/mol. The number of halogens is 2. The third-order valence-corrected chi connectivity index (χ3v) is 2.92. The molecule has 0 aromatic heterocycles. The second-order valence-corrected chi connectivity index (χ2v) is 4.44. The molecule has 1 aliphatic carbocycles. The normalized spacial score (nSPS) is 17.1. The van der Waals surface area contributed by atoms with Crippen molar-refractivity contribution >= 4 is 11.7 Å². The quantitative estimate of drug-likeness (QED) is 0.483. The highest BCUT2D eigenvalue weighted by atomic mass is 19.3. The van der Waals surface area contributed by atoms with Gasteiger partial charge in [0, 0.05) is 18.9 Å². The van der Waals surface area contributed by atoms with E-state index in [2.05, 4.69) is 4.74 Å². The topological polar surface area (TPSA) is 78.7 Å². The van der Waals surface area contributed by atoms with E-state index in [1.165, 1.54) is 12.1 Å². The maximum Gasteiger partial charge on any atom is 0.338 e. The number of benzene rings is 1. The number of ether oxygens (including phenoxy) is 2. The zero-order chi connectivity index (χ0) is 14.9. The Balaban J connectivity index is 2.20. The van der Waals surface area contributed by atoms with Crippen LogP contribution in [0.5, 0.6) is 5.75 Å². The summed E-state index contributed by atoms with van der Waals surface area (Å²) >= 11 is 0.